The van der Waals surface area contributed by atoms with Gasteiger partial charge in [0.15, 0.2) is 12.1 Å². The molecule has 1 fully saturated rings. The van der Waals surface area contributed by atoms with Crippen LogP contribution in [0, 0.1) is 23.7 Å². The van der Waals surface area contributed by atoms with E-state index in [2.05, 4.69) is 0 Å². The Morgan fingerprint density at radius 1 is 1.13 bits per heavy atom. The Morgan fingerprint density at radius 3 is 2.47 bits per heavy atom. The van der Waals surface area contributed by atoms with E-state index in [4.69, 9.17) is 9.47 Å². The molecule has 1 unspecified atom stereocenters. The minimum atomic E-state index is -1.00. The van der Waals surface area contributed by atoms with Crippen LogP contribution in [0.2, 0.25) is 0 Å². The molecule has 0 saturated carbocycles. The van der Waals surface area contributed by atoms with Gasteiger partial charge in [-0.25, -0.2) is 0 Å². The molecule has 1 saturated heterocycles. The fourth-order valence-electron chi connectivity index (χ4n) is 4.41. The number of hydrogen-bond donors (Lipinski definition) is 3. The van der Waals surface area contributed by atoms with Gasteiger partial charge in [-0.1, -0.05) is 38.5 Å². The van der Waals surface area contributed by atoms with Crippen LogP contribution in [0.5, 0.6) is 0 Å². The second-order valence-corrected chi connectivity index (χ2v) is 8.75. The summed E-state index contributed by atoms with van der Waals surface area (Å²) < 4.78 is 11.2. The average Bonchev–Trinajstić information content (AvgIpc) is 3.06. The molecule has 2 aliphatic heterocycles. The number of esters is 1. The van der Waals surface area contributed by atoms with Gasteiger partial charge in [0, 0.05) is 24.2 Å². The van der Waals surface area contributed by atoms with Crippen molar-refractivity contribution in [3.8, 4) is 0 Å². The number of cyclic esters (lactones) is 1. The van der Waals surface area contributed by atoms with Crippen molar-refractivity contribution in [3.63, 3.8) is 0 Å². The molecule has 2 heterocycles. The van der Waals surface area contributed by atoms with Gasteiger partial charge in [-0.15, -0.1) is 0 Å². The van der Waals surface area contributed by atoms with Gasteiger partial charge in [0.25, 0.3) is 0 Å². The average molecular weight is 425 g/mol. The lowest BCUT2D eigenvalue weighted by atomic mass is 9.81. The second kappa shape index (κ2) is 11.2. The molecule has 170 valence electrons. The van der Waals surface area contributed by atoms with Crippen LogP contribution in [0.4, 0.5) is 0 Å². The number of ketones is 1. The Morgan fingerprint density at radius 2 is 1.83 bits per heavy atom. The van der Waals surface area contributed by atoms with Crippen LogP contribution < -0.4 is 0 Å². The zero-order valence-electron chi connectivity index (χ0n) is 18.4. The number of aliphatic hydroxyl groups is 3. The topological polar surface area (TPSA) is 113 Å². The second-order valence-electron chi connectivity index (χ2n) is 8.75. The monoisotopic (exact) mass is 424 g/mol. The minimum absolute atomic E-state index is 0.0257. The normalized spacial score (nSPS) is 42.2. The molecule has 0 aromatic carbocycles. The molecule has 0 aromatic heterocycles. The van der Waals surface area contributed by atoms with E-state index in [-0.39, 0.29) is 30.6 Å². The Hall–Kier alpha value is -1.54. The fraction of sp³-hybridized carbons (Fsp3) is 0.739. The Kier molecular flexibility index (Phi) is 9.22. The molecular formula is C23H36O7. The predicted octanol–water partition coefficient (Wildman–Crippen LogP) is 2.14. The number of hydrogen-bond acceptors (Lipinski definition) is 7. The van der Waals surface area contributed by atoms with E-state index in [0.717, 1.165) is 5.57 Å². The lowest BCUT2D eigenvalue weighted by Gasteiger charge is -2.30. The van der Waals surface area contributed by atoms with Crippen molar-refractivity contribution in [3.05, 3.63) is 23.8 Å². The molecule has 0 amide bonds. The van der Waals surface area contributed by atoms with Crippen LogP contribution in [0.3, 0.4) is 0 Å². The summed E-state index contributed by atoms with van der Waals surface area (Å²) in [6, 6.07) is 0. The van der Waals surface area contributed by atoms with Gasteiger partial charge in [0.2, 0.25) is 0 Å². The van der Waals surface area contributed by atoms with Crippen LogP contribution in [0.25, 0.3) is 0 Å². The first-order chi connectivity index (χ1) is 14.2. The van der Waals surface area contributed by atoms with Gasteiger partial charge in [-0.3, -0.25) is 9.59 Å². The van der Waals surface area contributed by atoms with Crippen LogP contribution in [0.15, 0.2) is 23.8 Å². The minimum Gasteiger partial charge on any atom is -0.462 e. The van der Waals surface area contributed by atoms with Gasteiger partial charge >= 0.3 is 5.97 Å². The third-order valence-corrected chi connectivity index (χ3v) is 6.29. The highest BCUT2D eigenvalue weighted by molar-refractivity contribution is 5.91. The van der Waals surface area contributed by atoms with Gasteiger partial charge in [-0.2, -0.15) is 0 Å². The SMILES string of the molecule is CC[C@H]1OC(=O)C[C@@H](O)[C@H](C)[C@H]2OC(O)C[C@H]2C[C@@H](C)C(=O)/C=C/C(C)=C/[C@@H]1CO. The van der Waals surface area contributed by atoms with E-state index in [1.165, 1.54) is 6.08 Å². The first-order valence-corrected chi connectivity index (χ1v) is 10.9. The zero-order valence-corrected chi connectivity index (χ0v) is 18.4. The van der Waals surface area contributed by atoms with Crippen molar-refractivity contribution >= 4 is 11.8 Å². The summed E-state index contributed by atoms with van der Waals surface area (Å²) >= 11 is 0. The highest BCUT2D eigenvalue weighted by atomic mass is 16.6. The number of rotatable bonds is 2. The molecule has 7 nitrogen and oxygen atoms in total. The maximum absolute atomic E-state index is 12.6. The number of ether oxygens (including phenoxy) is 2. The molecular weight excluding hydrogens is 388 g/mol. The maximum atomic E-state index is 12.6. The van der Waals surface area contributed by atoms with Crippen molar-refractivity contribution in [2.75, 3.05) is 6.61 Å². The standard InChI is InChI=1S/C23H36O7/c1-5-20-17(12-24)8-13(2)6-7-18(25)14(3)9-16-10-21(27)30-23(16)15(4)19(26)11-22(28)29-20/h6-8,14-17,19-21,23-24,26-27H,5,9-12H2,1-4H3/b7-6+,13-8+/t14-,15+,16-,17-,19-,20-,21?,23-/m1/s1. The Balaban J connectivity index is 2.33. The number of carbonyl (C=O) groups is 2. The lowest BCUT2D eigenvalue weighted by molar-refractivity contribution is -0.157. The van der Waals surface area contributed by atoms with E-state index in [1.807, 2.05) is 20.8 Å². The first-order valence-electron chi connectivity index (χ1n) is 10.9. The van der Waals surface area contributed by atoms with E-state index in [1.54, 1.807) is 19.1 Å². The highest BCUT2D eigenvalue weighted by Gasteiger charge is 2.41. The third-order valence-electron chi connectivity index (χ3n) is 6.29. The Labute approximate surface area is 178 Å². The van der Waals surface area contributed by atoms with Crippen LogP contribution in [0.1, 0.15) is 53.4 Å². The lowest BCUT2D eigenvalue weighted by Crippen LogP contribution is -2.37. The third kappa shape index (κ3) is 6.48. The summed E-state index contributed by atoms with van der Waals surface area (Å²) in [5.41, 5.74) is 0.794. The number of carbonyl (C=O) groups excluding carboxylic acids is 2. The molecule has 0 radical (unpaired) electrons. The van der Waals surface area contributed by atoms with Gasteiger partial charge in [0.1, 0.15) is 6.10 Å². The van der Waals surface area contributed by atoms with Crippen molar-refractivity contribution in [2.24, 2.45) is 23.7 Å². The zero-order chi connectivity index (χ0) is 22.4. The summed E-state index contributed by atoms with van der Waals surface area (Å²) in [6.07, 6.45) is 3.33. The highest BCUT2D eigenvalue weighted by Crippen LogP contribution is 2.37. The van der Waals surface area contributed by atoms with Crippen molar-refractivity contribution in [1.29, 1.82) is 0 Å². The molecule has 0 aliphatic carbocycles. The molecule has 0 aromatic rings. The Bertz CT molecular complexity index is 656. The van der Waals surface area contributed by atoms with Crippen molar-refractivity contribution in [2.45, 2.75) is 78.0 Å². The molecule has 0 spiro atoms. The molecule has 8 atom stereocenters. The summed E-state index contributed by atoms with van der Waals surface area (Å²) in [4.78, 5) is 25.1. The largest absolute Gasteiger partial charge is 0.462 e. The maximum Gasteiger partial charge on any atom is 0.308 e. The molecule has 3 N–H and O–H groups in total. The van der Waals surface area contributed by atoms with Gasteiger partial charge in [-0.05, 0) is 31.8 Å². The predicted molar refractivity (Wildman–Crippen MR) is 111 cm³/mol. The van der Waals surface area contributed by atoms with Crippen LogP contribution >= 0.6 is 0 Å². The van der Waals surface area contributed by atoms with E-state index < -0.39 is 42.4 Å². The fourth-order valence-corrected chi connectivity index (χ4v) is 4.41. The van der Waals surface area contributed by atoms with Gasteiger partial charge in [0.05, 0.1) is 25.2 Å². The van der Waals surface area contributed by atoms with E-state index in [0.29, 0.717) is 19.3 Å². The molecule has 7 heteroatoms. The van der Waals surface area contributed by atoms with Crippen molar-refractivity contribution < 1.29 is 34.4 Å². The van der Waals surface area contributed by atoms with Crippen LogP contribution in [-0.2, 0) is 19.1 Å². The molecule has 2 rings (SSSR count). The van der Waals surface area contributed by atoms with Crippen molar-refractivity contribution in [1.82, 2.24) is 0 Å². The number of allylic oxidation sites excluding steroid dienone is 3. The number of aliphatic hydroxyl groups excluding tert-OH is 3. The smallest absolute Gasteiger partial charge is 0.308 e. The quantitative estimate of drug-likeness (QED) is 0.582. The summed E-state index contributed by atoms with van der Waals surface area (Å²) in [5.74, 6) is -1.75. The summed E-state index contributed by atoms with van der Waals surface area (Å²) in [7, 11) is 0. The van der Waals surface area contributed by atoms with E-state index in [9.17, 15) is 24.9 Å². The van der Waals surface area contributed by atoms with Gasteiger partial charge < -0.3 is 24.8 Å². The van der Waals surface area contributed by atoms with Crippen LogP contribution in [-0.4, -0.2) is 58.3 Å². The summed E-state index contributed by atoms with van der Waals surface area (Å²) in [6.45, 7) is 7.12. The molecule has 30 heavy (non-hydrogen) atoms. The summed E-state index contributed by atoms with van der Waals surface area (Å²) in [5, 5.41) is 30.4. The molecule has 2 aliphatic rings. The van der Waals surface area contributed by atoms with E-state index >= 15 is 0 Å². The first kappa shape index (κ1) is 24.7. The molecule has 0 bridgehead atoms. The number of fused-ring (bicyclic) bond motifs is 1.